The van der Waals surface area contributed by atoms with Crippen LogP contribution in [0.3, 0.4) is 0 Å². The highest BCUT2D eigenvalue weighted by Crippen LogP contribution is 2.31. The largest absolute Gasteiger partial charge is 0.389 e. The monoisotopic (exact) mass is 304 g/mol. The predicted molar refractivity (Wildman–Crippen MR) is 73.6 cm³/mol. The van der Waals surface area contributed by atoms with Crippen LogP contribution < -0.4 is 11.1 Å². The van der Waals surface area contributed by atoms with E-state index in [-0.39, 0.29) is 12.0 Å². The van der Waals surface area contributed by atoms with Crippen LogP contribution in [0.2, 0.25) is 0 Å². The molecular formula is C12H9BrN4O. The molecule has 3 rings (SSSR count). The van der Waals surface area contributed by atoms with E-state index >= 15 is 0 Å². The fraction of sp³-hybridized carbons (Fsp3) is 0. The van der Waals surface area contributed by atoms with Crippen LogP contribution in [0.4, 0.5) is 17.7 Å². The number of anilines is 3. The van der Waals surface area contributed by atoms with Crippen LogP contribution >= 0.6 is 15.9 Å². The summed E-state index contributed by atoms with van der Waals surface area (Å²) >= 11 is 3.52. The Hall–Kier alpha value is -2.08. The van der Waals surface area contributed by atoms with Crippen molar-refractivity contribution < 1.29 is 4.42 Å². The van der Waals surface area contributed by atoms with Crippen molar-refractivity contribution in [2.75, 3.05) is 11.1 Å². The smallest absolute Gasteiger partial charge is 0.321 e. The van der Waals surface area contributed by atoms with Gasteiger partial charge in [-0.25, -0.2) is 0 Å². The number of nitrogens with two attached hydrogens (primary N) is 1. The third kappa shape index (κ3) is 1.91. The van der Waals surface area contributed by atoms with Crippen LogP contribution in [0.15, 0.2) is 45.3 Å². The fourth-order valence-electron chi connectivity index (χ4n) is 1.77. The van der Waals surface area contributed by atoms with Gasteiger partial charge in [-0.15, -0.1) is 0 Å². The molecule has 3 N–H and O–H groups in total. The minimum atomic E-state index is 0.0407. The van der Waals surface area contributed by atoms with E-state index in [0.717, 1.165) is 20.9 Å². The second-order valence-corrected chi connectivity index (χ2v) is 4.57. The molecule has 0 spiro atoms. The summed E-state index contributed by atoms with van der Waals surface area (Å²) in [5.74, 6) is 0. The molecule has 0 radical (unpaired) electrons. The summed E-state index contributed by atoms with van der Waals surface area (Å²) in [4.78, 5) is 0. The molecule has 0 atom stereocenters. The van der Waals surface area contributed by atoms with Crippen LogP contribution in [0.5, 0.6) is 0 Å². The third-order valence-corrected chi connectivity index (χ3v) is 3.24. The zero-order valence-corrected chi connectivity index (χ0v) is 10.8. The Morgan fingerprint density at radius 1 is 1.06 bits per heavy atom. The van der Waals surface area contributed by atoms with Crippen molar-refractivity contribution in [2.24, 2.45) is 0 Å². The molecule has 90 valence electrons. The lowest BCUT2D eigenvalue weighted by atomic mass is 10.1. The van der Waals surface area contributed by atoms with Gasteiger partial charge in [0.05, 0.1) is 5.69 Å². The summed E-state index contributed by atoms with van der Waals surface area (Å²) < 4.78 is 6.14. The first-order chi connectivity index (χ1) is 8.74. The predicted octanol–water partition coefficient (Wildman–Crippen LogP) is 3.31. The van der Waals surface area contributed by atoms with Gasteiger partial charge in [-0.1, -0.05) is 50.4 Å². The maximum Gasteiger partial charge on any atom is 0.321 e. The molecule has 0 aliphatic carbocycles. The molecular weight excluding hydrogens is 296 g/mol. The number of fused-ring (bicyclic) bond motifs is 1. The Balaban J connectivity index is 2.09. The number of aromatic nitrogens is 2. The van der Waals surface area contributed by atoms with Crippen molar-refractivity contribution in [3.05, 3.63) is 40.9 Å². The number of nitrogens with zero attached hydrogens (tertiary/aromatic N) is 2. The van der Waals surface area contributed by atoms with Gasteiger partial charge in [0, 0.05) is 9.86 Å². The first-order valence-corrected chi connectivity index (χ1v) is 6.06. The van der Waals surface area contributed by atoms with Gasteiger partial charge in [-0.05, 0) is 17.5 Å². The Bertz CT molecular complexity index is 710. The minimum Gasteiger partial charge on any atom is -0.389 e. The fourth-order valence-corrected chi connectivity index (χ4v) is 2.25. The van der Waals surface area contributed by atoms with Gasteiger partial charge in [0.1, 0.15) is 0 Å². The highest BCUT2D eigenvalue weighted by atomic mass is 79.9. The number of hydrogen-bond donors (Lipinski definition) is 2. The Kier molecular flexibility index (Phi) is 2.64. The number of nitrogen functional groups attached to an aromatic ring is 1. The topological polar surface area (TPSA) is 77.0 Å². The maximum atomic E-state index is 5.38. The standard InChI is InChI=1S/C12H9BrN4O/c13-9-5-6-10(8-4-2-1-3-7(8)9)15-12-17-16-11(14)18-12/h1-6H,(H2,14,16)(H,15,17). The van der Waals surface area contributed by atoms with E-state index in [0.29, 0.717) is 0 Å². The van der Waals surface area contributed by atoms with Crippen LogP contribution in [0.25, 0.3) is 10.8 Å². The lowest BCUT2D eigenvalue weighted by Crippen LogP contribution is -1.92. The van der Waals surface area contributed by atoms with Crippen LogP contribution in [0.1, 0.15) is 0 Å². The molecule has 0 saturated heterocycles. The van der Waals surface area contributed by atoms with E-state index in [1.165, 1.54) is 0 Å². The van der Waals surface area contributed by atoms with E-state index in [1.807, 2.05) is 36.4 Å². The summed E-state index contributed by atoms with van der Waals surface area (Å²) in [6, 6.07) is 12.2. The number of halogens is 1. The molecule has 5 nitrogen and oxygen atoms in total. The molecule has 0 unspecified atom stereocenters. The van der Waals surface area contributed by atoms with Crippen molar-refractivity contribution in [3.8, 4) is 0 Å². The van der Waals surface area contributed by atoms with Gasteiger partial charge in [0.15, 0.2) is 0 Å². The van der Waals surface area contributed by atoms with Gasteiger partial charge in [0.25, 0.3) is 0 Å². The lowest BCUT2D eigenvalue weighted by molar-refractivity contribution is 0.593. The first kappa shape index (κ1) is 11.0. The SMILES string of the molecule is Nc1nnc(Nc2ccc(Br)c3ccccc23)o1. The van der Waals surface area contributed by atoms with Gasteiger partial charge >= 0.3 is 12.0 Å². The van der Waals surface area contributed by atoms with Crippen molar-refractivity contribution >= 4 is 44.4 Å². The highest BCUT2D eigenvalue weighted by Gasteiger charge is 2.07. The van der Waals surface area contributed by atoms with E-state index in [2.05, 4.69) is 31.4 Å². The summed E-state index contributed by atoms with van der Waals surface area (Å²) in [7, 11) is 0. The molecule has 18 heavy (non-hydrogen) atoms. The maximum absolute atomic E-state index is 5.38. The Morgan fingerprint density at radius 3 is 2.56 bits per heavy atom. The molecule has 0 bridgehead atoms. The van der Waals surface area contributed by atoms with E-state index in [9.17, 15) is 0 Å². The molecule has 0 aliphatic heterocycles. The molecule has 2 aromatic carbocycles. The van der Waals surface area contributed by atoms with Crippen molar-refractivity contribution in [2.45, 2.75) is 0 Å². The molecule has 6 heteroatoms. The number of benzene rings is 2. The van der Waals surface area contributed by atoms with Crippen LogP contribution in [0, 0.1) is 0 Å². The van der Waals surface area contributed by atoms with E-state index in [1.54, 1.807) is 0 Å². The number of rotatable bonds is 2. The van der Waals surface area contributed by atoms with Gasteiger partial charge in [-0.2, -0.15) is 0 Å². The minimum absolute atomic E-state index is 0.0407. The van der Waals surface area contributed by atoms with Gasteiger partial charge < -0.3 is 15.5 Å². The van der Waals surface area contributed by atoms with Gasteiger partial charge in [-0.3, -0.25) is 0 Å². The summed E-state index contributed by atoms with van der Waals surface area (Å²) in [6.07, 6.45) is 0. The summed E-state index contributed by atoms with van der Waals surface area (Å²) in [6.45, 7) is 0. The lowest BCUT2D eigenvalue weighted by Gasteiger charge is -2.07. The van der Waals surface area contributed by atoms with E-state index < -0.39 is 0 Å². The molecule has 0 saturated carbocycles. The number of hydrogen-bond acceptors (Lipinski definition) is 5. The second kappa shape index (κ2) is 4.30. The molecule has 0 fully saturated rings. The van der Waals surface area contributed by atoms with Crippen molar-refractivity contribution in [1.82, 2.24) is 10.2 Å². The highest BCUT2D eigenvalue weighted by molar-refractivity contribution is 9.10. The quantitative estimate of drug-likeness (QED) is 0.759. The second-order valence-electron chi connectivity index (χ2n) is 3.71. The molecule has 3 aromatic rings. The van der Waals surface area contributed by atoms with Crippen LogP contribution in [-0.2, 0) is 0 Å². The van der Waals surface area contributed by atoms with Crippen molar-refractivity contribution in [3.63, 3.8) is 0 Å². The molecule has 1 aromatic heterocycles. The first-order valence-electron chi connectivity index (χ1n) is 5.27. The average Bonchev–Trinajstić information content (AvgIpc) is 2.79. The average molecular weight is 305 g/mol. The normalized spacial score (nSPS) is 10.7. The van der Waals surface area contributed by atoms with Gasteiger partial charge in [0.2, 0.25) is 0 Å². The Morgan fingerprint density at radius 2 is 1.83 bits per heavy atom. The zero-order valence-electron chi connectivity index (χ0n) is 9.22. The summed E-state index contributed by atoms with van der Waals surface area (Å²) in [5, 5.41) is 12.6. The van der Waals surface area contributed by atoms with E-state index in [4.69, 9.17) is 10.2 Å². The molecule has 0 aliphatic rings. The third-order valence-electron chi connectivity index (χ3n) is 2.55. The Labute approximate surface area is 111 Å². The molecule has 1 heterocycles. The van der Waals surface area contributed by atoms with Crippen molar-refractivity contribution in [1.29, 1.82) is 0 Å². The summed E-state index contributed by atoms with van der Waals surface area (Å²) in [5.41, 5.74) is 6.27. The number of nitrogens with one attached hydrogen (secondary N) is 1. The molecule has 0 amide bonds. The van der Waals surface area contributed by atoms with Crippen LogP contribution in [-0.4, -0.2) is 10.2 Å². The zero-order chi connectivity index (χ0) is 12.5.